The number of hydrogen-bond donors (Lipinski definition) is 1. The molecule has 0 aliphatic carbocycles. The van der Waals surface area contributed by atoms with Crippen LogP contribution in [0.2, 0.25) is 0 Å². The molecule has 122 valence electrons. The van der Waals surface area contributed by atoms with E-state index in [4.69, 9.17) is 0 Å². The van der Waals surface area contributed by atoms with E-state index in [1.54, 1.807) is 12.4 Å². The van der Waals surface area contributed by atoms with Crippen LogP contribution in [0.3, 0.4) is 0 Å². The van der Waals surface area contributed by atoms with Gasteiger partial charge in [0.15, 0.2) is 0 Å². The second-order valence-electron chi connectivity index (χ2n) is 7.25. The molecule has 2 aromatic heterocycles. The number of hydrogen-bond acceptors (Lipinski definition) is 3. The average molecular weight is 312 g/mol. The normalized spacial score (nSPS) is 16.6. The molecule has 0 aromatic carbocycles. The number of pyridine rings is 1. The molecule has 2 aromatic rings. The van der Waals surface area contributed by atoms with Crippen molar-refractivity contribution in [3.05, 3.63) is 36.4 Å². The van der Waals surface area contributed by atoms with Crippen molar-refractivity contribution in [2.45, 2.75) is 39.5 Å². The Kier molecular flexibility index (Phi) is 4.20. The third-order valence-electron chi connectivity index (χ3n) is 4.49. The van der Waals surface area contributed by atoms with Crippen molar-refractivity contribution in [1.82, 2.24) is 20.1 Å². The first-order chi connectivity index (χ1) is 11.0. The van der Waals surface area contributed by atoms with Crippen LogP contribution >= 0.6 is 0 Å². The number of piperidine rings is 1. The molecule has 0 atom stereocenters. The first-order valence-electron chi connectivity index (χ1n) is 8.20. The van der Waals surface area contributed by atoms with Gasteiger partial charge in [-0.3, -0.25) is 14.9 Å². The van der Waals surface area contributed by atoms with E-state index < -0.39 is 0 Å². The summed E-state index contributed by atoms with van der Waals surface area (Å²) in [6, 6.07) is 4.01. The summed E-state index contributed by atoms with van der Waals surface area (Å²) >= 11 is 0. The zero-order valence-corrected chi connectivity index (χ0v) is 14.0. The van der Waals surface area contributed by atoms with Gasteiger partial charge in [0.1, 0.15) is 0 Å². The molecular formula is C18H24N4O. The Morgan fingerprint density at radius 1 is 1.22 bits per heavy atom. The maximum absolute atomic E-state index is 12.4. The van der Waals surface area contributed by atoms with E-state index in [-0.39, 0.29) is 11.3 Å². The third kappa shape index (κ3) is 3.28. The molecule has 0 spiro atoms. The quantitative estimate of drug-likeness (QED) is 0.926. The van der Waals surface area contributed by atoms with Gasteiger partial charge in [-0.15, -0.1) is 0 Å². The lowest BCUT2D eigenvalue weighted by Gasteiger charge is -2.35. The summed E-state index contributed by atoms with van der Waals surface area (Å²) in [5.74, 6) is 0.666. The molecule has 1 N–H and O–H groups in total. The van der Waals surface area contributed by atoms with E-state index in [0.29, 0.717) is 5.92 Å². The molecule has 1 aliphatic rings. The molecule has 0 radical (unpaired) electrons. The molecule has 5 nitrogen and oxygen atoms in total. The van der Waals surface area contributed by atoms with Gasteiger partial charge < -0.3 is 4.90 Å². The van der Waals surface area contributed by atoms with Gasteiger partial charge >= 0.3 is 0 Å². The minimum absolute atomic E-state index is 0.245. The van der Waals surface area contributed by atoms with Gasteiger partial charge in [-0.2, -0.15) is 5.10 Å². The van der Waals surface area contributed by atoms with E-state index in [1.165, 1.54) is 5.69 Å². The van der Waals surface area contributed by atoms with Crippen molar-refractivity contribution >= 4 is 5.91 Å². The first-order valence-corrected chi connectivity index (χ1v) is 8.20. The van der Waals surface area contributed by atoms with Crippen molar-refractivity contribution in [3.63, 3.8) is 0 Å². The minimum Gasteiger partial charge on any atom is -0.342 e. The molecule has 1 aliphatic heterocycles. The van der Waals surface area contributed by atoms with Crippen LogP contribution in [0, 0.1) is 5.41 Å². The van der Waals surface area contributed by atoms with Crippen LogP contribution in [0.15, 0.2) is 30.7 Å². The highest BCUT2D eigenvalue weighted by molar-refractivity contribution is 5.81. The molecule has 5 heteroatoms. The second kappa shape index (κ2) is 6.14. The fourth-order valence-electron chi connectivity index (χ4n) is 3.21. The number of carbonyl (C=O) groups excluding carboxylic acids is 1. The molecule has 3 heterocycles. The van der Waals surface area contributed by atoms with Crippen molar-refractivity contribution < 1.29 is 4.79 Å². The number of H-pyrrole nitrogens is 1. The lowest BCUT2D eigenvalue weighted by Crippen LogP contribution is -2.43. The van der Waals surface area contributed by atoms with Gasteiger partial charge in [-0.05, 0) is 30.5 Å². The van der Waals surface area contributed by atoms with E-state index >= 15 is 0 Å². The molecule has 1 amide bonds. The smallest absolute Gasteiger partial charge is 0.227 e. The van der Waals surface area contributed by atoms with Gasteiger partial charge in [0.05, 0.1) is 6.20 Å². The zero-order valence-electron chi connectivity index (χ0n) is 14.0. The van der Waals surface area contributed by atoms with Gasteiger partial charge in [-0.25, -0.2) is 0 Å². The molecule has 0 saturated carbocycles. The van der Waals surface area contributed by atoms with Gasteiger partial charge in [0, 0.05) is 48.1 Å². The predicted molar refractivity (Wildman–Crippen MR) is 89.8 cm³/mol. The van der Waals surface area contributed by atoms with Gasteiger partial charge in [0.25, 0.3) is 0 Å². The fraction of sp³-hybridized carbons (Fsp3) is 0.500. The largest absolute Gasteiger partial charge is 0.342 e. The van der Waals surface area contributed by atoms with Crippen LogP contribution < -0.4 is 0 Å². The summed E-state index contributed by atoms with van der Waals surface area (Å²) in [7, 11) is 0. The van der Waals surface area contributed by atoms with Gasteiger partial charge in [0.2, 0.25) is 5.91 Å². The van der Waals surface area contributed by atoms with E-state index in [2.05, 4.69) is 15.2 Å². The van der Waals surface area contributed by atoms with E-state index in [1.807, 2.05) is 44.0 Å². The number of nitrogens with zero attached hydrogens (tertiary/aromatic N) is 3. The van der Waals surface area contributed by atoms with Gasteiger partial charge in [-0.1, -0.05) is 20.8 Å². The highest BCUT2D eigenvalue weighted by Gasteiger charge is 2.31. The monoisotopic (exact) mass is 312 g/mol. The maximum Gasteiger partial charge on any atom is 0.227 e. The molecule has 1 fully saturated rings. The molecule has 0 unspecified atom stereocenters. The minimum atomic E-state index is -0.303. The fourth-order valence-corrected chi connectivity index (χ4v) is 3.21. The number of aromatic amines is 1. The van der Waals surface area contributed by atoms with Crippen LogP contribution in [-0.2, 0) is 4.79 Å². The Labute approximate surface area is 137 Å². The summed E-state index contributed by atoms with van der Waals surface area (Å²) in [6.45, 7) is 7.58. The highest BCUT2D eigenvalue weighted by atomic mass is 16.2. The Morgan fingerprint density at radius 3 is 2.48 bits per heavy atom. The summed E-state index contributed by atoms with van der Waals surface area (Å²) in [5.41, 5.74) is 3.16. The van der Waals surface area contributed by atoms with Crippen molar-refractivity contribution in [2.24, 2.45) is 5.41 Å². The summed E-state index contributed by atoms with van der Waals surface area (Å²) < 4.78 is 0. The lowest BCUT2D eigenvalue weighted by molar-refractivity contribution is -0.140. The molecule has 23 heavy (non-hydrogen) atoms. The number of rotatable bonds is 2. The Bertz CT molecular complexity index is 664. The topological polar surface area (TPSA) is 61.9 Å². The van der Waals surface area contributed by atoms with Crippen molar-refractivity contribution in [1.29, 1.82) is 0 Å². The van der Waals surface area contributed by atoms with Crippen LogP contribution in [0.5, 0.6) is 0 Å². The molecule has 0 bridgehead atoms. The third-order valence-corrected chi connectivity index (χ3v) is 4.49. The predicted octanol–water partition coefficient (Wildman–Crippen LogP) is 3.22. The number of amides is 1. The molecular weight excluding hydrogens is 288 g/mol. The van der Waals surface area contributed by atoms with Crippen molar-refractivity contribution in [2.75, 3.05) is 13.1 Å². The van der Waals surface area contributed by atoms with Crippen LogP contribution in [0.4, 0.5) is 0 Å². The number of carbonyl (C=O) groups is 1. The summed E-state index contributed by atoms with van der Waals surface area (Å²) in [6.07, 6.45) is 7.44. The zero-order chi connectivity index (χ0) is 16.4. The Hall–Kier alpha value is -2.17. The average Bonchev–Trinajstić information content (AvgIpc) is 3.04. The second-order valence-corrected chi connectivity index (χ2v) is 7.25. The first kappa shape index (κ1) is 15.7. The Balaban J connectivity index is 1.72. The SMILES string of the molecule is CC(C)(C)C(=O)N1CCC(c2[nH]ncc2-c2ccncc2)CC1. The Morgan fingerprint density at radius 2 is 1.87 bits per heavy atom. The number of aromatic nitrogens is 3. The molecule has 1 saturated heterocycles. The van der Waals surface area contributed by atoms with E-state index in [0.717, 1.165) is 37.1 Å². The summed E-state index contributed by atoms with van der Waals surface area (Å²) in [4.78, 5) is 18.5. The standard InChI is InChI=1S/C18H24N4O/c1-18(2,3)17(23)22-10-6-14(7-11-22)16-15(12-20-21-16)13-4-8-19-9-5-13/h4-5,8-9,12,14H,6-7,10-11H2,1-3H3,(H,20,21). The van der Waals surface area contributed by atoms with Crippen LogP contribution in [0.1, 0.15) is 45.2 Å². The molecule has 3 rings (SSSR count). The van der Waals surface area contributed by atoms with Crippen LogP contribution in [-0.4, -0.2) is 39.1 Å². The summed E-state index contributed by atoms with van der Waals surface area (Å²) in [5, 5.41) is 7.42. The van der Waals surface area contributed by atoms with E-state index in [9.17, 15) is 4.79 Å². The lowest BCUT2D eigenvalue weighted by atomic mass is 9.87. The number of likely N-dealkylation sites (tertiary alicyclic amines) is 1. The van der Waals surface area contributed by atoms with Crippen molar-refractivity contribution in [3.8, 4) is 11.1 Å². The maximum atomic E-state index is 12.4. The highest BCUT2D eigenvalue weighted by Crippen LogP contribution is 2.34. The number of nitrogens with one attached hydrogen (secondary N) is 1. The van der Waals surface area contributed by atoms with Crippen LogP contribution in [0.25, 0.3) is 11.1 Å².